The van der Waals surface area contributed by atoms with Gasteiger partial charge in [-0.05, 0) is 55.7 Å². The van der Waals surface area contributed by atoms with E-state index in [0.717, 1.165) is 36.4 Å². The fourth-order valence-corrected chi connectivity index (χ4v) is 3.26. The van der Waals surface area contributed by atoms with Crippen LogP contribution in [0.25, 0.3) is 0 Å². The number of halogens is 6. The summed E-state index contributed by atoms with van der Waals surface area (Å²) in [5.74, 6) is -6.84. The Kier molecular flexibility index (Phi) is 6.56. The van der Waals surface area contributed by atoms with Gasteiger partial charge in [0.25, 0.3) is 6.71 Å². The molecule has 0 nitrogen and oxygen atoms in total. The van der Waals surface area contributed by atoms with Crippen LogP contribution in [0.2, 0.25) is 0 Å². The zero-order valence-corrected chi connectivity index (χ0v) is 15.9. The topological polar surface area (TPSA) is 0 Å². The SMILES string of the molecule is Cc1ccc(F)c(B(c2c(F)ccc(C)c2F)c2c(F)ccc(C)c2F)c1F.[B]. The summed E-state index contributed by atoms with van der Waals surface area (Å²) in [5, 5.41) is 0. The van der Waals surface area contributed by atoms with Gasteiger partial charge in [-0.15, -0.1) is 0 Å². The van der Waals surface area contributed by atoms with E-state index in [9.17, 15) is 26.3 Å². The summed E-state index contributed by atoms with van der Waals surface area (Å²) >= 11 is 0. The summed E-state index contributed by atoms with van der Waals surface area (Å²) in [5.41, 5.74) is -2.51. The molecule has 0 aliphatic carbocycles. The minimum Gasteiger partial charge on any atom is -0.207 e. The minimum atomic E-state index is -1.99. The van der Waals surface area contributed by atoms with Crippen LogP contribution in [-0.2, 0) is 0 Å². The molecule has 0 saturated carbocycles. The van der Waals surface area contributed by atoms with Crippen molar-refractivity contribution in [1.82, 2.24) is 0 Å². The molecule has 0 heterocycles. The minimum absolute atomic E-state index is 0. The first-order valence-corrected chi connectivity index (χ1v) is 8.48. The van der Waals surface area contributed by atoms with Crippen molar-refractivity contribution in [3.63, 3.8) is 0 Å². The van der Waals surface area contributed by atoms with Gasteiger partial charge in [-0.3, -0.25) is 0 Å². The summed E-state index contributed by atoms with van der Waals surface area (Å²) in [7, 11) is 0. The Hall–Kier alpha value is -2.63. The Labute approximate surface area is 167 Å². The maximum atomic E-state index is 14.9. The predicted molar refractivity (Wildman–Crippen MR) is 104 cm³/mol. The monoisotopic (exact) mass is 403 g/mol. The first-order chi connectivity index (χ1) is 13.1. The van der Waals surface area contributed by atoms with Crippen molar-refractivity contribution in [3.05, 3.63) is 88.0 Å². The molecule has 8 heteroatoms. The fourth-order valence-electron chi connectivity index (χ4n) is 3.26. The molecule has 147 valence electrons. The van der Waals surface area contributed by atoms with Gasteiger partial charge in [-0.1, -0.05) is 18.2 Å². The van der Waals surface area contributed by atoms with Crippen molar-refractivity contribution in [3.8, 4) is 0 Å². The molecule has 3 rings (SSSR count). The van der Waals surface area contributed by atoms with Crippen LogP contribution in [0.5, 0.6) is 0 Å². The van der Waals surface area contributed by atoms with Crippen LogP contribution in [0.4, 0.5) is 26.3 Å². The maximum Gasteiger partial charge on any atom is 0.264 e. The molecule has 0 spiro atoms. The number of benzene rings is 3. The van der Waals surface area contributed by atoms with Crippen molar-refractivity contribution in [2.75, 3.05) is 0 Å². The van der Waals surface area contributed by atoms with E-state index in [0.29, 0.717) is 0 Å². The lowest BCUT2D eigenvalue weighted by molar-refractivity contribution is 0.582. The third kappa shape index (κ3) is 3.80. The van der Waals surface area contributed by atoms with Gasteiger partial charge in [-0.25, -0.2) is 26.3 Å². The smallest absolute Gasteiger partial charge is 0.207 e. The standard InChI is InChI=1S/C21H15BF6.B/c1-10-4-7-13(23)16(19(10)26)22(17-14(24)8-5-11(2)20(17)27)18-15(25)9-6-12(3)21(18)28;/h4-9H,1-3H3;. The average Bonchev–Trinajstić information content (AvgIpc) is 2.65. The number of hydrogen-bond donors (Lipinski definition) is 0. The third-order valence-electron chi connectivity index (χ3n) is 4.82. The van der Waals surface area contributed by atoms with Gasteiger partial charge in [0.2, 0.25) is 0 Å². The van der Waals surface area contributed by atoms with Gasteiger partial charge in [0.05, 0.1) is 0 Å². The van der Waals surface area contributed by atoms with Crippen molar-refractivity contribution >= 4 is 31.5 Å². The number of rotatable bonds is 3. The molecule has 0 aliphatic heterocycles. The van der Waals surface area contributed by atoms with Crippen LogP contribution in [0.1, 0.15) is 16.7 Å². The lowest BCUT2D eigenvalue weighted by Crippen LogP contribution is -2.59. The lowest BCUT2D eigenvalue weighted by Gasteiger charge is -2.21. The Balaban J connectivity index is 0.00000300. The second-order valence-electron chi connectivity index (χ2n) is 6.71. The van der Waals surface area contributed by atoms with Crippen LogP contribution in [-0.4, -0.2) is 15.1 Å². The molecule has 0 aromatic heterocycles. The summed E-state index contributed by atoms with van der Waals surface area (Å²) < 4.78 is 88.6. The summed E-state index contributed by atoms with van der Waals surface area (Å²) in [4.78, 5) is 0. The van der Waals surface area contributed by atoms with Crippen LogP contribution < -0.4 is 16.4 Å². The fraction of sp³-hybridized carbons (Fsp3) is 0.143. The molecule has 3 aromatic rings. The zero-order valence-electron chi connectivity index (χ0n) is 15.9. The van der Waals surface area contributed by atoms with E-state index < -0.39 is 58.0 Å². The van der Waals surface area contributed by atoms with E-state index in [1.54, 1.807) is 0 Å². The molecule has 0 atom stereocenters. The molecule has 0 saturated heterocycles. The molecule has 29 heavy (non-hydrogen) atoms. The largest absolute Gasteiger partial charge is 0.264 e. The molecule has 0 fully saturated rings. The van der Waals surface area contributed by atoms with Gasteiger partial charge in [0, 0.05) is 24.8 Å². The van der Waals surface area contributed by atoms with Gasteiger partial charge >= 0.3 is 0 Å². The Morgan fingerprint density at radius 3 is 0.966 bits per heavy atom. The molecule has 0 amide bonds. The van der Waals surface area contributed by atoms with Crippen LogP contribution in [0, 0.1) is 55.7 Å². The Morgan fingerprint density at radius 1 is 0.483 bits per heavy atom. The van der Waals surface area contributed by atoms with E-state index in [1.165, 1.54) is 20.8 Å². The molecule has 3 aromatic carbocycles. The number of aryl methyl sites for hydroxylation is 3. The second kappa shape index (κ2) is 8.39. The highest BCUT2D eigenvalue weighted by Gasteiger charge is 2.38. The molecular formula is C21H15B2F6. The second-order valence-corrected chi connectivity index (χ2v) is 6.71. The van der Waals surface area contributed by atoms with Gasteiger partial charge in [-0.2, -0.15) is 0 Å². The normalized spacial score (nSPS) is 10.7. The van der Waals surface area contributed by atoms with Crippen molar-refractivity contribution < 1.29 is 26.3 Å². The summed E-state index contributed by atoms with van der Waals surface area (Å²) in [6.07, 6.45) is 0. The highest BCUT2D eigenvalue weighted by molar-refractivity contribution is 6.95. The Bertz CT molecular complexity index is 945. The predicted octanol–water partition coefficient (Wildman–Crippen LogP) is 3.58. The average molecular weight is 403 g/mol. The third-order valence-corrected chi connectivity index (χ3v) is 4.82. The summed E-state index contributed by atoms with van der Waals surface area (Å²) in [6.45, 7) is 1.98. The molecule has 0 bridgehead atoms. The van der Waals surface area contributed by atoms with E-state index in [1.807, 2.05) is 0 Å². The van der Waals surface area contributed by atoms with Gasteiger partial charge in [0.15, 0.2) is 0 Å². The first kappa shape index (κ1) is 22.7. The van der Waals surface area contributed by atoms with Gasteiger partial charge in [0.1, 0.15) is 34.9 Å². The lowest BCUT2D eigenvalue weighted by atomic mass is 9.35. The molecule has 3 radical (unpaired) electrons. The molecule has 0 N–H and O–H groups in total. The molecular weight excluding hydrogens is 388 g/mol. The van der Waals surface area contributed by atoms with Crippen molar-refractivity contribution in [2.45, 2.75) is 20.8 Å². The maximum absolute atomic E-state index is 14.9. The Morgan fingerprint density at radius 2 is 0.724 bits per heavy atom. The summed E-state index contributed by atoms with van der Waals surface area (Å²) in [6, 6.07) is 6.11. The van der Waals surface area contributed by atoms with E-state index in [4.69, 9.17) is 0 Å². The van der Waals surface area contributed by atoms with E-state index in [2.05, 4.69) is 0 Å². The zero-order chi connectivity index (χ0) is 20.7. The first-order valence-electron chi connectivity index (χ1n) is 8.48. The van der Waals surface area contributed by atoms with Crippen molar-refractivity contribution in [1.29, 1.82) is 0 Å². The van der Waals surface area contributed by atoms with Crippen LogP contribution >= 0.6 is 0 Å². The van der Waals surface area contributed by atoms with Crippen LogP contribution in [0.15, 0.2) is 36.4 Å². The molecule has 0 aliphatic rings. The molecule has 0 unspecified atom stereocenters. The quantitative estimate of drug-likeness (QED) is 0.464. The van der Waals surface area contributed by atoms with Crippen molar-refractivity contribution in [2.24, 2.45) is 0 Å². The number of hydrogen-bond acceptors (Lipinski definition) is 0. The highest BCUT2D eigenvalue weighted by atomic mass is 19.2. The van der Waals surface area contributed by atoms with Gasteiger partial charge < -0.3 is 0 Å². The highest BCUT2D eigenvalue weighted by Crippen LogP contribution is 2.16. The van der Waals surface area contributed by atoms with E-state index >= 15 is 0 Å². The van der Waals surface area contributed by atoms with Crippen LogP contribution in [0.3, 0.4) is 0 Å². The van der Waals surface area contributed by atoms with E-state index in [-0.39, 0.29) is 25.1 Å².